The van der Waals surface area contributed by atoms with Crippen molar-refractivity contribution in [2.24, 2.45) is 23.7 Å². The molecule has 0 spiro atoms. The lowest BCUT2D eigenvalue weighted by atomic mass is 9.75. The van der Waals surface area contributed by atoms with Crippen molar-refractivity contribution in [2.75, 3.05) is 33.4 Å². The summed E-state index contributed by atoms with van der Waals surface area (Å²) in [5, 5.41) is 33.4. The summed E-state index contributed by atoms with van der Waals surface area (Å²) in [7, 11) is 1.50. The van der Waals surface area contributed by atoms with Crippen molar-refractivity contribution in [3.63, 3.8) is 0 Å². The third-order valence-electron chi connectivity index (χ3n) is 9.19. The molecule has 1 aromatic rings. The molecule has 0 aliphatic heterocycles. The first-order chi connectivity index (χ1) is 21.1. The highest BCUT2D eigenvalue weighted by Crippen LogP contribution is 2.39. The van der Waals surface area contributed by atoms with E-state index in [1.807, 2.05) is 0 Å². The second-order valence-electron chi connectivity index (χ2n) is 12.9. The summed E-state index contributed by atoms with van der Waals surface area (Å²) in [6.07, 6.45) is 4.84. The second-order valence-corrected chi connectivity index (χ2v) is 14.1. The largest absolute Gasteiger partial charge is 0.493 e. The van der Waals surface area contributed by atoms with Gasteiger partial charge in [-0.1, -0.05) is 27.2 Å². The normalized spacial score (nSPS) is 27.1. The number of nitrogens with zero attached hydrogens (tertiary/aromatic N) is 1. The van der Waals surface area contributed by atoms with Crippen LogP contribution < -0.4 is 14.8 Å². The fourth-order valence-electron chi connectivity index (χ4n) is 6.46. The summed E-state index contributed by atoms with van der Waals surface area (Å²) in [4.78, 5) is 28.8. The van der Waals surface area contributed by atoms with Crippen LogP contribution in [0.5, 0.6) is 11.5 Å². The van der Waals surface area contributed by atoms with Gasteiger partial charge in [0.2, 0.25) is 11.8 Å². The number of hydrogen-bond acceptors (Lipinski definition) is 8. The van der Waals surface area contributed by atoms with Crippen LogP contribution in [0.4, 0.5) is 0 Å². The molecule has 1 aromatic carbocycles. The Hall–Kier alpha value is -1.93. The number of ether oxygens (including phenoxy) is 3. The first-order valence-electron chi connectivity index (χ1n) is 15.9. The van der Waals surface area contributed by atoms with Gasteiger partial charge in [-0.3, -0.25) is 9.59 Å². The van der Waals surface area contributed by atoms with Crippen molar-refractivity contribution in [1.29, 1.82) is 0 Å². The van der Waals surface area contributed by atoms with Gasteiger partial charge in [0.1, 0.15) is 18.8 Å². The number of amides is 2. The Kier molecular flexibility index (Phi) is 12.8. The van der Waals surface area contributed by atoms with Gasteiger partial charge in [-0.15, -0.1) is 0 Å². The van der Waals surface area contributed by atoms with E-state index in [4.69, 9.17) is 14.2 Å². The Bertz CT molecular complexity index is 1170. The second kappa shape index (κ2) is 16.1. The monoisotopic (exact) mass is 728 g/mol. The highest BCUT2D eigenvalue weighted by Gasteiger charge is 2.43. The van der Waals surface area contributed by atoms with Crippen molar-refractivity contribution in [3.8, 4) is 11.5 Å². The zero-order chi connectivity index (χ0) is 32.0. The molecule has 44 heavy (non-hydrogen) atoms. The van der Waals surface area contributed by atoms with Crippen LogP contribution in [0.1, 0.15) is 64.9 Å². The van der Waals surface area contributed by atoms with E-state index in [1.165, 1.54) is 13.5 Å². The molecular formula is C33H49IN2O8. The standard InChI is InChI=1S/C33H49IN2O8/c1-19(2)24-8-5-20(3)11-27(24)43-18-30(39)36(16-21-6-7-21)26-14-23(33(41)35-9-10-37)15-28(31(26)40)44-32-25(34)12-22(17-38)13-29(32)42-4/h12-13,15,19-21,24,26-28,31,37-38,40H,5-11,14,16-18H2,1-4H3,(H,35,41)/t20-,24+,26+,27-,28-,31-/m0/s1. The van der Waals surface area contributed by atoms with Crippen LogP contribution in [-0.2, 0) is 20.9 Å². The number of aliphatic hydroxyl groups is 3. The molecule has 0 heterocycles. The van der Waals surface area contributed by atoms with E-state index >= 15 is 0 Å². The van der Waals surface area contributed by atoms with E-state index in [-0.39, 0.29) is 50.7 Å². The Balaban J connectivity index is 1.60. The summed E-state index contributed by atoms with van der Waals surface area (Å²) < 4.78 is 18.9. The van der Waals surface area contributed by atoms with Crippen LogP contribution in [0.2, 0.25) is 0 Å². The van der Waals surface area contributed by atoms with Crippen LogP contribution in [0.3, 0.4) is 0 Å². The van der Waals surface area contributed by atoms with Crippen LogP contribution in [-0.4, -0.2) is 89.8 Å². The van der Waals surface area contributed by atoms with E-state index in [9.17, 15) is 24.9 Å². The van der Waals surface area contributed by atoms with Gasteiger partial charge in [-0.25, -0.2) is 0 Å². The maximum absolute atomic E-state index is 13.9. The zero-order valence-corrected chi connectivity index (χ0v) is 28.5. The van der Waals surface area contributed by atoms with Gasteiger partial charge in [-0.05, 0) is 95.7 Å². The smallest absolute Gasteiger partial charge is 0.248 e. The number of carbonyl (C=O) groups is 2. The van der Waals surface area contributed by atoms with Gasteiger partial charge in [0.05, 0.1) is 36.0 Å². The molecule has 2 fully saturated rings. The average Bonchev–Trinajstić information content (AvgIpc) is 3.83. The lowest BCUT2D eigenvalue weighted by Gasteiger charge is -2.41. The van der Waals surface area contributed by atoms with Crippen molar-refractivity contribution >= 4 is 34.4 Å². The Morgan fingerprint density at radius 2 is 1.91 bits per heavy atom. The van der Waals surface area contributed by atoms with Crippen LogP contribution >= 0.6 is 22.6 Å². The number of benzene rings is 1. The zero-order valence-electron chi connectivity index (χ0n) is 26.3. The lowest BCUT2D eigenvalue weighted by Crippen LogP contribution is -2.56. The third kappa shape index (κ3) is 8.86. The van der Waals surface area contributed by atoms with Crippen LogP contribution in [0.25, 0.3) is 0 Å². The van der Waals surface area contributed by atoms with E-state index < -0.39 is 18.2 Å². The fraction of sp³-hybridized carbons (Fsp3) is 0.697. The molecule has 0 saturated heterocycles. The van der Waals surface area contributed by atoms with Gasteiger partial charge in [0, 0.05) is 25.1 Å². The molecule has 3 aliphatic rings. The summed E-state index contributed by atoms with van der Waals surface area (Å²) >= 11 is 2.08. The number of hydrogen-bond donors (Lipinski definition) is 4. The summed E-state index contributed by atoms with van der Waals surface area (Å²) in [5.41, 5.74) is 1.02. The maximum atomic E-state index is 13.9. The molecule has 0 radical (unpaired) electrons. The number of halogens is 1. The summed E-state index contributed by atoms with van der Waals surface area (Å²) in [5.74, 6) is 1.92. The van der Waals surface area contributed by atoms with Crippen molar-refractivity contribution < 1.29 is 39.1 Å². The molecule has 11 heteroatoms. The van der Waals surface area contributed by atoms with Gasteiger partial charge in [-0.2, -0.15) is 0 Å². The highest BCUT2D eigenvalue weighted by atomic mass is 127. The van der Waals surface area contributed by atoms with Crippen LogP contribution in [0, 0.1) is 27.2 Å². The van der Waals surface area contributed by atoms with Crippen molar-refractivity contribution in [1.82, 2.24) is 10.2 Å². The molecule has 2 saturated carbocycles. The van der Waals surface area contributed by atoms with Gasteiger partial charge in [0.15, 0.2) is 11.5 Å². The lowest BCUT2D eigenvalue weighted by molar-refractivity contribution is -0.148. The minimum Gasteiger partial charge on any atom is -0.493 e. The van der Waals surface area contributed by atoms with E-state index in [0.717, 1.165) is 25.7 Å². The van der Waals surface area contributed by atoms with E-state index in [2.05, 4.69) is 48.7 Å². The van der Waals surface area contributed by atoms with Crippen LogP contribution in [0.15, 0.2) is 23.8 Å². The minimum absolute atomic E-state index is 0.00832. The number of rotatable bonds is 14. The number of aliphatic hydroxyl groups excluding tert-OH is 3. The minimum atomic E-state index is -1.14. The first-order valence-corrected chi connectivity index (χ1v) is 17.0. The molecule has 10 nitrogen and oxygen atoms in total. The molecular weight excluding hydrogens is 679 g/mol. The van der Waals surface area contributed by atoms with Crippen molar-refractivity contribution in [3.05, 3.63) is 32.9 Å². The molecule has 0 unspecified atom stereocenters. The third-order valence-corrected chi connectivity index (χ3v) is 10.00. The average molecular weight is 729 g/mol. The number of methoxy groups -OCH3 is 1. The summed E-state index contributed by atoms with van der Waals surface area (Å²) in [6.45, 7) is 6.75. The SMILES string of the molecule is COc1cc(CO)cc(I)c1O[C@H]1C=C(C(=O)NCCO)C[C@@H](N(CC2CC2)C(=O)CO[C@H]2C[C@@H](C)CC[C@@H]2C(C)C)[C@@H]1O. The molecule has 2 amide bonds. The Labute approximate surface area is 274 Å². The van der Waals surface area contributed by atoms with Gasteiger partial charge >= 0.3 is 0 Å². The first kappa shape index (κ1) is 34.9. The molecule has 0 bridgehead atoms. The van der Waals surface area contributed by atoms with Gasteiger partial charge in [0.25, 0.3) is 0 Å². The summed E-state index contributed by atoms with van der Waals surface area (Å²) in [6, 6.07) is 2.71. The van der Waals surface area contributed by atoms with Gasteiger partial charge < -0.3 is 39.7 Å². The number of nitrogens with one attached hydrogen (secondary N) is 1. The molecule has 4 rings (SSSR count). The predicted molar refractivity (Wildman–Crippen MR) is 174 cm³/mol. The topological polar surface area (TPSA) is 138 Å². The van der Waals surface area contributed by atoms with E-state index in [1.54, 1.807) is 23.1 Å². The predicted octanol–water partition coefficient (Wildman–Crippen LogP) is 3.42. The quantitative estimate of drug-likeness (QED) is 0.214. The molecule has 3 aliphatic carbocycles. The molecule has 246 valence electrons. The highest BCUT2D eigenvalue weighted by molar-refractivity contribution is 14.1. The Morgan fingerprint density at radius 3 is 2.55 bits per heavy atom. The maximum Gasteiger partial charge on any atom is 0.248 e. The molecule has 0 aromatic heterocycles. The Morgan fingerprint density at radius 1 is 1.16 bits per heavy atom. The molecule has 4 N–H and O–H groups in total. The fourth-order valence-corrected chi connectivity index (χ4v) is 7.26. The number of carbonyl (C=O) groups excluding carboxylic acids is 2. The van der Waals surface area contributed by atoms with E-state index in [0.29, 0.717) is 56.4 Å². The molecule has 6 atom stereocenters. The van der Waals surface area contributed by atoms with Crippen molar-refractivity contribution in [2.45, 2.75) is 90.3 Å².